The minimum absolute atomic E-state index is 0.0553. The molecule has 1 aliphatic carbocycles. The standard InChI is InChI=1S/C34H45F2N5O7/c1-17-11-27-34(47)48-19(3)28(39-30(43)25(37)14-20-12-21(35)15-22(36)13-20)29(42)23-7-6-8-24(23)33(46)40-10-5-4-9-26(40)31(44)38-18(2)32(45)41(27)16-17/h12-13,15,17-19,23-28H,4-11,14,16,37H2,1-3H3,(H,38,44)(H,39,43)/t17-,18-,19-,23?,24+,25-,26-,27-,28-/m0/s1. The molecule has 1 saturated carbocycles. The molecule has 0 bridgehead atoms. The van der Waals surface area contributed by atoms with Crippen molar-refractivity contribution in [1.29, 1.82) is 0 Å². The largest absolute Gasteiger partial charge is 0.458 e. The van der Waals surface area contributed by atoms with Gasteiger partial charge in [0.1, 0.15) is 41.9 Å². The first-order chi connectivity index (χ1) is 22.7. The van der Waals surface area contributed by atoms with Gasteiger partial charge in [0.05, 0.1) is 6.04 Å². The van der Waals surface area contributed by atoms with Gasteiger partial charge in [-0.25, -0.2) is 13.6 Å². The summed E-state index contributed by atoms with van der Waals surface area (Å²) in [4.78, 5) is 85.4. The van der Waals surface area contributed by atoms with Gasteiger partial charge in [0.15, 0.2) is 5.78 Å². The summed E-state index contributed by atoms with van der Waals surface area (Å²) in [5.41, 5.74) is 6.27. The summed E-state index contributed by atoms with van der Waals surface area (Å²) in [5, 5.41) is 5.39. The number of fused-ring (bicyclic) bond motifs is 3. The highest BCUT2D eigenvalue weighted by Gasteiger charge is 2.48. The normalized spacial score (nSPS) is 32.6. The minimum atomic E-state index is -1.41. The summed E-state index contributed by atoms with van der Waals surface area (Å²) in [5.74, 6) is -6.71. The highest BCUT2D eigenvalue weighted by Crippen LogP contribution is 2.37. The van der Waals surface area contributed by atoms with Gasteiger partial charge in [-0.1, -0.05) is 13.3 Å². The van der Waals surface area contributed by atoms with E-state index in [0.717, 1.165) is 12.1 Å². The molecule has 1 unspecified atom stereocenters. The van der Waals surface area contributed by atoms with E-state index in [4.69, 9.17) is 10.5 Å². The number of cyclic esters (lactones) is 1. The number of Topliss-reactive ketones (excluding diaryl/α,β-unsaturated/α-hetero) is 1. The van der Waals surface area contributed by atoms with Gasteiger partial charge in [-0.15, -0.1) is 0 Å². The molecule has 4 fully saturated rings. The first-order valence-electron chi connectivity index (χ1n) is 16.9. The molecule has 12 nitrogen and oxygen atoms in total. The topological polar surface area (TPSA) is 168 Å². The van der Waals surface area contributed by atoms with Crippen molar-refractivity contribution < 1.29 is 42.3 Å². The van der Waals surface area contributed by atoms with Crippen LogP contribution in [-0.4, -0.2) is 94.6 Å². The molecule has 0 spiro atoms. The van der Waals surface area contributed by atoms with Gasteiger partial charge >= 0.3 is 5.97 Å². The van der Waals surface area contributed by atoms with Crippen molar-refractivity contribution in [2.24, 2.45) is 23.5 Å². The highest BCUT2D eigenvalue weighted by molar-refractivity contribution is 5.98. The Labute approximate surface area is 278 Å². The van der Waals surface area contributed by atoms with E-state index in [0.29, 0.717) is 57.6 Å². The third-order valence-corrected chi connectivity index (χ3v) is 10.2. The second-order valence-corrected chi connectivity index (χ2v) is 13.9. The third kappa shape index (κ3) is 7.53. The van der Waals surface area contributed by atoms with Crippen LogP contribution in [0.1, 0.15) is 71.3 Å². The Bertz CT molecular complexity index is 1440. The molecule has 1 aromatic carbocycles. The maximum atomic E-state index is 14.3. The first kappa shape index (κ1) is 35.4. The average Bonchev–Trinajstić information content (AvgIpc) is 3.68. The van der Waals surface area contributed by atoms with E-state index in [1.54, 1.807) is 6.92 Å². The quantitative estimate of drug-likeness (QED) is 0.403. The summed E-state index contributed by atoms with van der Waals surface area (Å²) in [6, 6.07) is -2.69. The molecular weight excluding hydrogens is 628 g/mol. The van der Waals surface area contributed by atoms with Crippen LogP contribution < -0.4 is 16.4 Å². The van der Waals surface area contributed by atoms with E-state index in [9.17, 15) is 37.5 Å². The lowest BCUT2D eigenvalue weighted by atomic mass is 9.84. The highest BCUT2D eigenvalue weighted by atomic mass is 19.1. The number of nitrogens with two attached hydrogens (primary N) is 1. The Kier molecular flexibility index (Phi) is 10.8. The van der Waals surface area contributed by atoms with E-state index >= 15 is 0 Å². The number of rotatable bonds is 4. The molecule has 4 N–H and O–H groups in total. The van der Waals surface area contributed by atoms with Gasteiger partial charge in [-0.05, 0) is 82.4 Å². The summed E-state index contributed by atoms with van der Waals surface area (Å²) < 4.78 is 33.4. The average molecular weight is 674 g/mol. The molecular formula is C34H45F2N5O7. The minimum Gasteiger partial charge on any atom is -0.458 e. The summed E-state index contributed by atoms with van der Waals surface area (Å²) in [6.07, 6.45) is 1.93. The molecule has 9 atom stereocenters. The molecule has 3 saturated heterocycles. The smallest absolute Gasteiger partial charge is 0.329 e. The van der Waals surface area contributed by atoms with Gasteiger partial charge in [0.25, 0.3) is 0 Å². The Morgan fingerprint density at radius 3 is 2.33 bits per heavy atom. The van der Waals surface area contributed by atoms with Crippen LogP contribution >= 0.6 is 0 Å². The maximum absolute atomic E-state index is 14.3. The summed E-state index contributed by atoms with van der Waals surface area (Å²) in [7, 11) is 0. The van der Waals surface area contributed by atoms with Gasteiger partial charge in [0.2, 0.25) is 23.6 Å². The maximum Gasteiger partial charge on any atom is 0.329 e. The van der Waals surface area contributed by atoms with Crippen molar-refractivity contribution in [3.05, 3.63) is 35.4 Å². The second kappa shape index (κ2) is 14.7. The number of hydrogen-bond acceptors (Lipinski definition) is 8. The fourth-order valence-corrected chi connectivity index (χ4v) is 7.73. The number of ether oxygens (including phenoxy) is 1. The predicted molar refractivity (Wildman–Crippen MR) is 168 cm³/mol. The monoisotopic (exact) mass is 673 g/mol. The number of ketones is 1. The fraction of sp³-hybridized carbons (Fsp3) is 0.647. The fourth-order valence-electron chi connectivity index (χ4n) is 7.73. The number of benzene rings is 1. The van der Waals surface area contributed by atoms with E-state index in [-0.39, 0.29) is 30.4 Å². The third-order valence-electron chi connectivity index (χ3n) is 10.2. The summed E-state index contributed by atoms with van der Waals surface area (Å²) in [6.45, 7) is 5.46. The molecule has 5 rings (SSSR count). The Morgan fingerprint density at radius 1 is 0.938 bits per heavy atom. The van der Waals surface area contributed by atoms with Crippen LogP contribution in [0.3, 0.4) is 0 Å². The lowest BCUT2D eigenvalue weighted by Gasteiger charge is -2.38. The molecule has 4 aliphatic rings. The van der Waals surface area contributed by atoms with E-state index in [1.165, 1.54) is 16.7 Å². The van der Waals surface area contributed by atoms with Gasteiger partial charge in [-0.3, -0.25) is 24.0 Å². The lowest BCUT2D eigenvalue weighted by molar-refractivity contribution is -0.161. The van der Waals surface area contributed by atoms with Crippen molar-refractivity contribution in [3.8, 4) is 0 Å². The van der Waals surface area contributed by atoms with Crippen molar-refractivity contribution >= 4 is 35.4 Å². The zero-order chi connectivity index (χ0) is 34.9. The van der Waals surface area contributed by atoms with Crippen LogP contribution in [0, 0.1) is 29.4 Å². The van der Waals surface area contributed by atoms with Crippen LogP contribution in [0.2, 0.25) is 0 Å². The number of carbonyl (C=O) groups excluding carboxylic acids is 6. The molecule has 0 aromatic heterocycles. The molecule has 3 heterocycles. The van der Waals surface area contributed by atoms with Gasteiger partial charge in [0, 0.05) is 31.0 Å². The molecule has 4 amide bonds. The molecule has 3 aliphatic heterocycles. The molecule has 1 aromatic rings. The number of piperidine rings is 1. The number of esters is 1. The second-order valence-electron chi connectivity index (χ2n) is 13.9. The molecule has 48 heavy (non-hydrogen) atoms. The molecule has 0 radical (unpaired) electrons. The van der Waals surface area contributed by atoms with Crippen molar-refractivity contribution in [2.75, 3.05) is 13.1 Å². The molecule has 14 heteroatoms. The van der Waals surface area contributed by atoms with Crippen LogP contribution in [0.4, 0.5) is 8.78 Å². The number of hydrogen-bond donors (Lipinski definition) is 3. The Hall–Kier alpha value is -3.94. The lowest BCUT2D eigenvalue weighted by Crippen LogP contribution is -2.60. The molecule has 262 valence electrons. The van der Waals surface area contributed by atoms with Crippen LogP contribution in [0.5, 0.6) is 0 Å². The van der Waals surface area contributed by atoms with Crippen LogP contribution in [-0.2, 0) is 39.9 Å². The number of nitrogens with zero attached hydrogens (tertiary/aromatic N) is 2. The Balaban J connectivity index is 1.47. The van der Waals surface area contributed by atoms with E-state index in [2.05, 4.69) is 10.6 Å². The predicted octanol–water partition coefficient (Wildman–Crippen LogP) is 1.37. The zero-order valence-electron chi connectivity index (χ0n) is 27.6. The van der Waals surface area contributed by atoms with Crippen molar-refractivity contribution in [2.45, 2.75) is 108 Å². The van der Waals surface area contributed by atoms with E-state index in [1.807, 2.05) is 6.92 Å². The first-order valence-corrected chi connectivity index (χ1v) is 16.9. The van der Waals surface area contributed by atoms with Crippen LogP contribution in [0.15, 0.2) is 18.2 Å². The van der Waals surface area contributed by atoms with Gasteiger partial charge in [-0.2, -0.15) is 0 Å². The number of carbonyl (C=O) groups is 6. The number of halogens is 2. The SMILES string of the molecule is C[C@H]1C[C@H]2C(=O)O[C@@H](C)[C@H](NC(=O)[C@@H](N)Cc3cc(F)cc(F)c3)C(=O)C3CCC[C@H]3C(=O)N3CCCC[C@H]3C(=O)N[C@@H](C)C(=O)N2C1. The summed E-state index contributed by atoms with van der Waals surface area (Å²) >= 11 is 0. The number of amides is 4. The zero-order valence-corrected chi connectivity index (χ0v) is 27.6. The van der Waals surface area contributed by atoms with E-state index < -0.39 is 89.3 Å². The number of nitrogens with one attached hydrogen (secondary N) is 2. The Morgan fingerprint density at radius 2 is 1.62 bits per heavy atom. The van der Waals surface area contributed by atoms with Crippen LogP contribution in [0.25, 0.3) is 0 Å². The van der Waals surface area contributed by atoms with Crippen molar-refractivity contribution in [3.63, 3.8) is 0 Å². The van der Waals surface area contributed by atoms with Gasteiger partial charge < -0.3 is 30.9 Å². The van der Waals surface area contributed by atoms with Crippen molar-refractivity contribution in [1.82, 2.24) is 20.4 Å².